The number of aliphatic hydroxyl groups is 1. The fourth-order valence-electron chi connectivity index (χ4n) is 2.40. The maximum absolute atomic E-state index is 8.89. The van der Waals surface area contributed by atoms with Crippen LogP contribution in [0.15, 0.2) is 12.1 Å². The number of aliphatic hydroxyl groups excluding tert-OH is 1. The lowest BCUT2D eigenvalue weighted by atomic mass is 10.1. The molecule has 1 aliphatic rings. The van der Waals surface area contributed by atoms with E-state index < -0.39 is 0 Å². The van der Waals surface area contributed by atoms with Crippen molar-refractivity contribution in [2.45, 2.75) is 31.7 Å². The summed E-state index contributed by atoms with van der Waals surface area (Å²) in [6.07, 6.45) is 4.17. The molecule has 0 aromatic carbocycles. The Labute approximate surface area is 101 Å². The molecule has 5 N–H and O–H groups in total. The highest BCUT2D eigenvalue weighted by Crippen LogP contribution is 2.28. The van der Waals surface area contributed by atoms with Gasteiger partial charge in [-0.2, -0.15) is 0 Å². The summed E-state index contributed by atoms with van der Waals surface area (Å²) < 4.78 is 0. The van der Waals surface area contributed by atoms with E-state index in [2.05, 4.69) is 9.88 Å². The van der Waals surface area contributed by atoms with E-state index in [-0.39, 0.29) is 6.61 Å². The Balaban J connectivity index is 2.11. The molecule has 2 heterocycles. The first-order valence-electron chi connectivity index (χ1n) is 6.12. The van der Waals surface area contributed by atoms with E-state index in [0.717, 1.165) is 31.6 Å². The van der Waals surface area contributed by atoms with E-state index in [0.29, 0.717) is 17.5 Å². The summed E-state index contributed by atoms with van der Waals surface area (Å²) in [7, 11) is 0. The Morgan fingerprint density at radius 1 is 1.41 bits per heavy atom. The van der Waals surface area contributed by atoms with Crippen LogP contribution >= 0.6 is 0 Å². The average molecular weight is 236 g/mol. The molecule has 0 bridgehead atoms. The maximum Gasteiger partial charge on any atom is 0.149 e. The third-order valence-electron chi connectivity index (χ3n) is 3.31. The largest absolute Gasteiger partial charge is 0.396 e. The fourth-order valence-corrected chi connectivity index (χ4v) is 2.40. The van der Waals surface area contributed by atoms with Gasteiger partial charge in [0.1, 0.15) is 11.6 Å². The van der Waals surface area contributed by atoms with E-state index in [4.69, 9.17) is 16.6 Å². The van der Waals surface area contributed by atoms with Gasteiger partial charge in [-0.1, -0.05) is 0 Å². The van der Waals surface area contributed by atoms with Gasteiger partial charge < -0.3 is 21.5 Å². The molecule has 0 saturated carbocycles. The van der Waals surface area contributed by atoms with E-state index in [1.54, 1.807) is 6.07 Å². The van der Waals surface area contributed by atoms with Crippen molar-refractivity contribution in [2.75, 3.05) is 29.5 Å². The Bertz CT molecular complexity index is 383. The lowest BCUT2D eigenvalue weighted by Gasteiger charge is -2.26. The molecule has 1 saturated heterocycles. The summed E-state index contributed by atoms with van der Waals surface area (Å²) >= 11 is 0. The molecule has 94 valence electrons. The zero-order chi connectivity index (χ0) is 12.3. The molecule has 5 heteroatoms. The van der Waals surface area contributed by atoms with Crippen LogP contribution < -0.4 is 16.4 Å². The number of anilines is 3. The number of nitrogen functional groups attached to an aromatic ring is 2. The number of nitrogens with two attached hydrogens (primary N) is 2. The molecule has 0 amide bonds. The lowest BCUT2D eigenvalue weighted by Crippen LogP contribution is -2.30. The van der Waals surface area contributed by atoms with Gasteiger partial charge in [0.15, 0.2) is 0 Å². The minimum absolute atomic E-state index is 0.252. The summed E-state index contributed by atoms with van der Waals surface area (Å²) in [5.74, 6) is 1.30. The van der Waals surface area contributed by atoms with Crippen molar-refractivity contribution in [2.24, 2.45) is 0 Å². The SMILES string of the molecule is Nc1ccc(N2CCCC2CCCO)nc1N. The summed E-state index contributed by atoms with van der Waals surface area (Å²) in [6, 6.07) is 4.19. The van der Waals surface area contributed by atoms with Crippen LogP contribution in [0.5, 0.6) is 0 Å². The smallest absolute Gasteiger partial charge is 0.149 e. The average Bonchev–Trinajstić information content (AvgIpc) is 2.78. The van der Waals surface area contributed by atoms with Gasteiger partial charge >= 0.3 is 0 Å². The molecular weight excluding hydrogens is 216 g/mol. The third-order valence-corrected chi connectivity index (χ3v) is 3.31. The normalized spacial score (nSPS) is 19.8. The number of nitrogens with zero attached hydrogens (tertiary/aromatic N) is 2. The van der Waals surface area contributed by atoms with Crippen molar-refractivity contribution < 1.29 is 5.11 Å². The highest BCUT2D eigenvalue weighted by Gasteiger charge is 2.25. The van der Waals surface area contributed by atoms with E-state index in [1.165, 1.54) is 6.42 Å². The molecule has 1 atom stereocenters. The molecule has 0 aliphatic carbocycles. The quantitative estimate of drug-likeness (QED) is 0.725. The molecule has 0 spiro atoms. The van der Waals surface area contributed by atoms with E-state index in [1.807, 2.05) is 6.07 Å². The van der Waals surface area contributed by atoms with Gasteiger partial charge in [0.05, 0.1) is 5.69 Å². The minimum atomic E-state index is 0.252. The lowest BCUT2D eigenvalue weighted by molar-refractivity contribution is 0.279. The second kappa shape index (κ2) is 5.23. The van der Waals surface area contributed by atoms with Crippen LogP contribution in [0.2, 0.25) is 0 Å². The van der Waals surface area contributed by atoms with Crippen LogP contribution in [0, 0.1) is 0 Å². The number of hydrogen-bond acceptors (Lipinski definition) is 5. The second-order valence-electron chi connectivity index (χ2n) is 4.50. The van der Waals surface area contributed by atoms with Crippen molar-refractivity contribution in [1.82, 2.24) is 4.98 Å². The molecule has 2 rings (SSSR count). The molecule has 1 aromatic heterocycles. The Morgan fingerprint density at radius 2 is 2.24 bits per heavy atom. The minimum Gasteiger partial charge on any atom is -0.396 e. The van der Waals surface area contributed by atoms with Gasteiger partial charge in [-0.15, -0.1) is 0 Å². The highest BCUT2D eigenvalue weighted by molar-refractivity contribution is 5.62. The molecule has 1 fully saturated rings. The Hall–Kier alpha value is -1.49. The third kappa shape index (κ3) is 2.61. The van der Waals surface area contributed by atoms with Gasteiger partial charge in [0.25, 0.3) is 0 Å². The monoisotopic (exact) mass is 236 g/mol. The molecule has 5 nitrogen and oxygen atoms in total. The number of aromatic nitrogens is 1. The van der Waals surface area contributed by atoms with Crippen molar-refractivity contribution in [3.8, 4) is 0 Å². The van der Waals surface area contributed by atoms with Crippen LogP contribution in [0.25, 0.3) is 0 Å². The first-order chi connectivity index (χ1) is 8.22. The Morgan fingerprint density at radius 3 is 2.94 bits per heavy atom. The van der Waals surface area contributed by atoms with Crippen LogP contribution in [0.1, 0.15) is 25.7 Å². The van der Waals surface area contributed by atoms with Crippen molar-refractivity contribution >= 4 is 17.3 Å². The molecule has 17 heavy (non-hydrogen) atoms. The topological polar surface area (TPSA) is 88.4 Å². The standard InChI is InChI=1S/C12H20N4O/c13-10-5-6-11(15-12(10)14)16-7-1-3-9(16)4-2-8-17/h5-6,9,17H,1-4,7-8,13H2,(H2,14,15). The Kier molecular flexibility index (Phi) is 3.68. The van der Waals surface area contributed by atoms with Gasteiger partial charge in [0, 0.05) is 19.2 Å². The predicted molar refractivity (Wildman–Crippen MR) is 69.7 cm³/mol. The maximum atomic E-state index is 8.89. The zero-order valence-corrected chi connectivity index (χ0v) is 9.97. The number of pyridine rings is 1. The van der Waals surface area contributed by atoms with Crippen LogP contribution in [-0.2, 0) is 0 Å². The summed E-state index contributed by atoms with van der Waals surface area (Å²) in [4.78, 5) is 6.60. The van der Waals surface area contributed by atoms with Gasteiger partial charge in [-0.25, -0.2) is 4.98 Å². The second-order valence-corrected chi connectivity index (χ2v) is 4.50. The van der Waals surface area contributed by atoms with Crippen molar-refractivity contribution in [3.05, 3.63) is 12.1 Å². The van der Waals surface area contributed by atoms with Crippen molar-refractivity contribution in [3.63, 3.8) is 0 Å². The molecule has 1 aliphatic heterocycles. The number of rotatable bonds is 4. The summed E-state index contributed by atoms with van der Waals surface area (Å²) in [6.45, 7) is 1.26. The van der Waals surface area contributed by atoms with Crippen LogP contribution in [-0.4, -0.2) is 29.3 Å². The molecule has 1 unspecified atom stereocenters. The molecule has 1 aromatic rings. The van der Waals surface area contributed by atoms with Gasteiger partial charge in [-0.3, -0.25) is 0 Å². The first-order valence-corrected chi connectivity index (χ1v) is 6.12. The summed E-state index contributed by atoms with van der Waals surface area (Å²) in [5.41, 5.74) is 11.9. The summed E-state index contributed by atoms with van der Waals surface area (Å²) in [5, 5.41) is 8.89. The fraction of sp³-hybridized carbons (Fsp3) is 0.583. The molecular formula is C12H20N4O. The van der Waals surface area contributed by atoms with Crippen LogP contribution in [0.3, 0.4) is 0 Å². The van der Waals surface area contributed by atoms with Gasteiger partial charge in [-0.05, 0) is 37.8 Å². The van der Waals surface area contributed by atoms with Crippen LogP contribution in [0.4, 0.5) is 17.3 Å². The van der Waals surface area contributed by atoms with E-state index in [9.17, 15) is 0 Å². The molecule has 0 radical (unpaired) electrons. The first kappa shape index (κ1) is 12.0. The predicted octanol–water partition coefficient (Wildman–Crippen LogP) is 0.987. The van der Waals surface area contributed by atoms with Gasteiger partial charge in [0.2, 0.25) is 0 Å². The van der Waals surface area contributed by atoms with E-state index >= 15 is 0 Å². The zero-order valence-electron chi connectivity index (χ0n) is 9.97. The van der Waals surface area contributed by atoms with Crippen molar-refractivity contribution in [1.29, 1.82) is 0 Å². The highest BCUT2D eigenvalue weighted by atomic mass is 16.2. The number of hydrogen-bond donors (Lipinski definition) is 3.